The maximum atomic E-state index is 5.76. The van der Waals surface area contributed by atoms with Crippen LogP contribution in [-0.2, 0) is 13.2 Å². The number of anilines is 1. The first kappa shape index (κ1) is 20.3. The van der Waals surface area contributed by atoms with E-state index in [9.17, 15) is 0 Å². The predicted octanol–water partition coefficient (Wildman–Crippen LogP) is 1.45. The van der Waals surface area contributed by atoms with Crippen LogP contribution < -0.4 is 19.5 Å². The fourth-order valence-corrected chi connectivity index (χ4v) is 4.10. The Bertz CT molecular complexity index is 1040. The first-order valence-corrected chi connectivity index (χ1v) is 10.6. The van der Waals surface area contributed by atoms with Crippen LogP contribution in [0.1, 0.15) is 0 Å². The van der Waals surface area contributed by atoms with Crippen molar-refractivity contribution in [3.8, 4) is 17.1 Å². The molecular formula is C22H28N6OS+2. The second-order valence-corrected chi connectivity index (χ2v) is 7.75. The number of H-pyrrole nitrogens is 1. The molecule has 1 aromatic carbocycles. The van der Waals surface area contributed by atoms with Gasteiger partial charge in [0.1, 0.15) is 5.75 Å². The molecule has 0 radical (unpaired) electrons. The van der Waals surface area contributed by atoms with Crippen LogP contribution in [0.4, 0.5) is 5.69 Å². The number of nitrogens with zero attached hydrogens (tertiary/aromatic N) is 4. The lowest BCUT2D eigenvalue weighted by Crippen LogP contribution is -3.14. The number of rotatable bonds is 7. The average molecular weight is 425 g/mol. The number of aromatic amines is 1. The number of quaternary nitrogens is 1. The van der Waals surface area contributed by atoms with E-state index in [1.54, 1.807) is 7.11 Å². The van der Waals surface area contributed by atoms with Gasteiger partial charge >= 0.3 is 0 Å². The summed E-state index contributed by atoms with van der Waals surface area (Å²) in [6.45, 7) is 9.42. The van der Waals surface area contributed by atoms with Gasteiger partial charge < -0.3 is 14.5 Å². The predicted molar refractivity (Wildman–Crippen MR) is 119 cm³/mol. The van der Waals surface area contributed by atoms with Crippen molar-refractivity contribution in [3.63, 3.8) is 0 Å². The summed E-state index contributed by atoms with van der Waals surface area (Å²) in [5, 5.41) is 4.87. The molecule has 2 N–H and O–H groups in total. The highest BCUT2D eigenvalue weighted by Gasteiger charge is 2.22. The highest BCUT2D eigenvalue weighted by molar-refractivity contribution is 7.71. The molecule has 8 heteroatoms. The Kier molecular flexibility index (Phi) is 6.25. The first-order chi connectivity index (χ1) is 14.7. The number of allylic oxidation sites excluding steroid dienone is 1. The molecule has 0 unspecified atom stereocenters. The Morgan fingerprint density at radius 2 is 1.87 bits per heavy atom. The minimum Gasteiger partial charge on any atom is -0.497 e. The van der Waals surface area contributed by atoms with Crippen LogP contribution in [0.5, 0.6) is 5.75 Å². The second kappa shape index (κ2) is 9.23. The molecule has 0 bridgehead atoms. The summed E-state index contributed by atoms with van der Waals surface area (Å²) >= 11 is 5.76. The topological polar surface area (TPSA) is 53.8 Å². The van der Waals surface area contributed by atoms with Gasteiger partial charge in [-0.3, -0.25) is 4.57 Å². The molecule has 1 fully saturated rings. The summed E-state index contributed by atoms with van der Waals surface area (Å²) in [6, 6.07) is 12.2. The quantitative estimate of drug-likeness (QED) is 0.461. The SMILES string of the molecule is C=CCn1c(-c2ccc(OC)cc2)nn(C[NH+]2CCN(c3cc[nH+]cc3)CC2)c1=S. The van der Waals surface area contributed by atoms with E-state index in [1.165, 1.54) is 10.6 Å². The highest BCUT2D eigenvalue weighted by Crippen LogP contribution is 2.21. The molecule has 3 heterocycles. The summed E-state index contributed by atoms with van der Waals surface area (Å²) in [7, 11) is 1.67. The number of methoxy groups -OCH3 is 1. The van der Waals surface area contributed by atoms with Crippen molar-refractivity contribution in [2.24, 2.45) is 0 Å². The van der Waals surface area contributed by atoms with Crippen LogP contribution in [0.2, 0.25) is 0 Å². The minimum absolute atomic E-state index is 0.633. The lowest BCUT2D eigenvalue weighted by Gasteiger charge is -2.33. The Balaban J connectivity index is 1.50. The van der Waals surface area contributed by atoms with Gasteiger partial charge in [0.15, 0.2) is 24.9 Å². The molecule has 1 saturated heterocycles. The summed E-state index contributed by atoms with van der Waals surface area (Å²) < 4.78 is 10.0. The van der Waals surface area contributed by atoms with Gasteiger partial charge in [-0.15, -0.1) is 11.7 Å². The number of benzene rings is 1. The Morgan fingerprint density at radius 1 is 1.17 bits per heavy atom. The summed E-state index contributed by atoms with van der Waals surface area (Å²) in [5.41, 5.74) is 2.28. The van der Waals surface area contributed by atoms with Crippen LogP contribution in [0.15, 0.2) is 61.4 Å². The monoisotopic (exact) mass is 424 g/mol. The summed E-state index contributed by atoms with van der Waals surface area (Å²) in [5.74, 6) is 1.69. The number of piperazine rings is 1. The fourth-order valence-electron chi connectivity index (χ4n) is 3.83. The van der Waals surface area contributed by atoms with Gasteiger partial charge in [-0.2, -0.15) is 4.68 Å². The van der Waals surface area contributed by atoms with Crippen LogP contribution >= 0.6 is 12.2 Å². The van der Waals surface area contributed by atoms with Crippen molar-refractivity contribution in [1.82, 2.24) is 14.3 Å². The normalized spacial score (nSPS) is 14.6. The zero-order chi connectivity index (χ0) is 20.9. The molecule has 0 aliphatic carbocycles. The first-order valence-electron chi connectivity index (χ1n) is 10.2. The lowest BCUT2D eigenvalue weighted by molar-refractivity contribution is -0.924. The van der Waals surface area contributed by atoms with E-state index < -0.39 is 0 Å². The molecule has 1 aliphatic heterocycles. The third-order valence-corrected chi connectivity index (χ3v) is 5.92. The molecule has 0 spiro atoms. The van der Waals surface area contributed by atoms with Crippen molar-refractivity contribution in [1.29, 1.82) is 0 Å². The van der Waals surface area contributed by atoms with Gasteiger partial charge in [-0.25, -0.2) is 4.98 Å². The van der Waals surface area contributed by atoms with Crippen molar-refractivity contribution in [2.75, 3.05) is 38.2 Å². The molecule has 0 atom stereocenters. The van der Waals surface area contributed by atoms with Crippen LogP contribution in [0.25, 0.3) is 11.4 Å². The Labute approximate surface area is 181 Å². The Morgan fingerprint density at radius 3 is 2.50 bits per heavy atom. The van der Waals surface area contributed by atoms with Gasteiger partial charge in [0.2, 0.25) is 4.77 Å². The maximum absolute atomic E-state index is 5.76. The van der Waals surface area contributed by atoms with Gasteiger partial charge in [0.25, 0.3) is 0 Å². The fraction of sp³-hybridized carbons (Fsp3) is 0.318. The molecule has 30 heavy (non-hydrogen) atoms. The number of nitrogens with one attached hydrogen (secondary N) is 2. The van der Waals surface area contributed by atoms with E-state index in [0.29, 0.717) is 6.54 Å². The molecule has 3 aromatic rings. The van der Waals surface area contributed by atoms with Crippen molar-refractivity contribution in [3.05, 3.63) is 66.2 Å². The lowest BCUT2D eigenvalue weighted by atomic mass is 10.2. The number of hydrogen-bond acceptors (Lipinski definition) is 4. The molecule has 156 valence electrons. The zero-order valence-electron chi connectivity index (χ0n) is 17.3. The van der Waals surface area contributed by atoms with Crippen molar-refractivity contribution < 1.29 is 14.6 Å². The van der Waals surface area contributed by atoms with Crippen LogP contribution in [0, 0.1) is 4.77 Å². The highest BCUT2D eigenvalue weighted by atomic mass is 32.1. The second-order valence-electron chi connectivity index (χ2n) is 7.39. The standard InChI is InChI=1S/C22H26N6OS/c1-3-12-27-21(18-4-6-20(29-2)7-5-18)24-28(22(27)30)17-25-13-15-26(16-14-25)19-8-10-23-11-9-19/h3-11H,1,12-17H2,2H3/p+2. The molecule has 7 nitrogen and oxygen atoms in total. The van der Waals surface area contributed by atoms with Crippen molar-refractivity contribution in [2.45, 2.75) is 13.2 Å². The molecule has 0 amide bonds. The van der Waals surface area contributed by atoms with E-state index in [0.717, 1.165) is 54.8 Å². The van der Waals surface area contributed by atoms with Crippen molar-refractivity contribution >= 4 is 17.9 Å². The van der Waals surface area contributed by atoms with E-state index in [1.807, 2.05) is 52.0 Å². The average Bonchev–Trinajstić information content (AvgIpc) is 3.10. The van der Waals surface area contributed by atoms with Gasteiger partial charge in [0.05, 0.1) is 33.3 Å². The maximum Gasteiger partial charge on any atom is 0.203 e. The number of aromatic nitrogens is 4. The van der Waals surface area contributed by atoms with Crippen LogP contribution in [0.3, 0.4) is 0 Å². The Hall–Kier alpha value is -2.97. The zero-order valence-corrected chi connectivity index (χ0v) is 18.1. The molecule has 4 rings (SSSR count). The van der Waals surface area contributed by atoms with Gasteiger partial charge in [-0.1, -0.05) is 6.08 Å². The van der Waals surface area contributed by atoms with E-state index in [4.69, 9.17) is 22.1 Å². The van der Waals surface area contributed by atoms with Gasteiger partial charge in [0, 0.05) is 29.9 Å². The number of ether oxygens (including phenoxy) is 1. The molecule has 2 aromatic heterocycles. The summed E-state index contributed by atoms with van der Waals surface area (Å²) in [4.78, 5) is 6.99. The third-order valence-electron chi connectivity index (χ3n) is 5.49. The number of hydrogen-bond donors (Lipinski definition) is 1. The summed E-state index contributed by atoms with van der Waals surface area (Å²) in [6.07, 6.45) is 5.80. The van der Waals surface area contributed by atoms with E-state index in [-0.39, 0.29) is 0 Å². The molecular weight excluding hydrogens is 396 g/mol. The number of pyridine rings is 1. The molecule has 0 saturated carbocycles. The largest absolute Gasteiger partial charge is 0.497 e. The minimum atomic E-state index is 0.633. The van der Waals surface area contributed by atoms with E-state index >= 15 is 0 Å². The molecule has 1 aliphatic rings. The van der Waals surface area contributed by atoms with Gasteiger partial charge in [-0.05, 0) is 36.5 Å². The van der Waals surface area contributed by atoms with Crippen LogP contribution in [-0.4, -0.2) is 47.6 Å². The smallest absolute Gasteiger partial charge is 0.203 e. The third kappa shape index (κ3) is 4.29. The van der Waals surface area contributed by atoms with E-state index in [2.05, 4.69) is 28.6 Å².